The molecule has 0 bridgehead atoms. The normalized spacial score (nSPS) is 10.8. The number of nitrogens with two attached hydrogens (primary N) is 1. The highest BCUT2D eigenvalue weighted by atomic mass is 32.2. The van der Waals surface area contributed by atoms with Crippen LogP contribution < -0.4 is 21.3 Å². The average molecular weight is 331 g/mol. The number of nitrogens with zero attached hydrogens (tertiary/aromatic N) is 1. The van der Waals surface area contributed by atoms with E-state index in [9.17, 15) is 28.1 Å². The number of carbonyl (C=O) groups excluding carboxylic acids is 2. The van der Waals surface area contributed by atoms with E-state index < -0.39 is 50.4 Å². The van der Waals surface area contributed by atoms with Crippen molar-refractivity contribution in [3.63, 3.8) is 0 Å². The van der Waals surface area contributed by atoms with Crippen molar-refractivity contribution in [3.05, 3.63) is 34.4 Å². The molecule has 2 amide bonds. The first-order valence-electron chi connectivity index (χ1n) is 5.77. The van der Waals surface area contributed by atoms with E-state index in [4.69, 9.17) is 5.84 Å². The molecule has 11 nitrogen and oxygen atoms in total. The lowest BCUT2D eigenvalue weighted by Crippen LogP contribution is -2.43. The zero-order valence-corrected chi connectivity index (χ0v) is 11.9. The standard InChI is InChI=1S/C10H13N5O6S/c11-14-10(17)5-12-9(16)6-13-22(20,21)8-4-2-1-3-7(8)15(18)19/h1-4,13H,5-6,11H2,(H,12,16)(H,14,17). The van der Waals surface area contributed by atoms with Gasteiger partial charge in [0.1, 0.15) is 0 Å². The molecule has 120 valence electrons. The molecule has 0 saturated carbocycles. The van der Waals surface area contributed by atoms with Gasteiger partial charge in [-0.15, -0.1) is 0 Å². The van der Waals surface area contributed by atoms with Crippen LogP contribution in [0.1, 0.15) is 0 Å². The Hall–Kier alpha value is -2.57. The van der Waals surface area contributed by atoms with E-state index >= 15 is 0 Å². The molecule has 0 aliphatic carbocycles. The van der Waals surface area contributed by atoms with Gasteiger partial charge < -0.3 is 5.32 Å². The summed E-state index contributed by atoms with van der Waals surface area (Å²) >= 11 is 0. The Labute approximate surface area is 125 Å². The van der Waals surface area contributed by atoms with Crippen molar-refractivity contribution in [2.24, 2.45) is 5.84 Å². The molecule has 12 heteroatoms. The molecule has 0 aromatic heterocycles. The van der Waals surface area contributed by atoms with Crippen LogP contribution in [0.15, 0.2) is 29.2 Å². The van der Waals surface area contributed by atoms with Crippen LogP contribution in [0.2, 0.25) is 0 Å². The van der Waals surface area contributed by atoms with Crippen molar-refractivity contribution < 1.29 is 22.9 Å². The number of benzene rings is 1. The molecule has 0 unspecified atom stereocenters. The van der Waals surface area contributed by atoms with Crippen molar-refractivity contribution in [1.82, 2.24) is 15.5 Å². The van der Waals surface area contributed by atoms with E-state index in [0.717, 1.165) is 12.1 Å². The highest BCUT2D eigenvalue weighted by Gasteiger charge is 2.25. The molecular formula is C10H13N5O6S. The van der Waals surface area contributed by atoms with Gasteiger partial charge in [0, 0.05) is 6.07 Å². The fraction of sp³-hybridized carbons (Fsp3) is 0.200. The number of hydrogen-bond acceptors (Lipinski definition) is 7. The van der Waals surface area contributed by atoms with Gasteiger partial charge in [-0.3, -0.25) is 25.1 Å². The fourth-order valence-electron chi connectivity index (χ4n) is 1.37. The number of nitrogens with one attached hydrogen (secondary N) is 3. The predicted octanol–water partition coefficient (Wildman–Crippen LogP) is -2.02. The van der Waals surface area contributed by atoms with Crippen LogP contribution in [0.4, 0.5) is 5.69 Å². The quantitative estimate of drug-likeness (QED) is 0.193. The molecule has 0 fully saturated rings. The number of sulfonamides is 1. The average Bonchev–Trinajstić information content (AvgIpc) is 2.50. The Kier molecular flexibility index (Phi) is 5.91. The van der Waals surface area contributed by atoms with Crippen LogP contribution in [-0.2, 0) is 19.6 Å². The largest absolute Gasteiger partial charge is 0.346 e. The molecule has 0 saturated heterocycles. The lowest BCUT2D eigenvalue weighted by molar-refractivity contribution is -0.387. The number of para-hydroxylation sites is 1. The zero-order valence-electron chi connectivity index (χ0n) is 11.1. The van der Waals surface area contributed by atoms with E-state index in [0.29, 0.717) is 0 Å². The summed E-state index contributed by atoms with van der Waals surface area (Å²) in [5.74, 6) is 3.32. The highest BCUT2D eigenvalue weighted by molar-refractivity contribution is 7.89. The lowest BCUT2D eigenvalue weighted by atomic mass is 10.3. The number of nitro benzene ring substituents is 1. The van der Waals surface area contributed by atoms with Gasteiger partial charge in [0.15, 0.2) is 4.90 Å². The summed E-state index contributed by atoms with van der Waals surface area (Å²) in [5, 5.41) is 12.9. The maximum absolute atomic E-state index is 12.0. The summed E-state index contributed by atoms with van der Waals surface area (Å²) in [6.07, 6.45) is 0. The topological polar surface area (TPSA) is 174 Å². The summed E-state index contributed by atoms with van der Waals surface area (Å²) < 4.78 is 25.8. The first-order valence-corrected chi connectivity index (χ1v) is 7.25. The maximum Gasteiger partial charge on any atom is 0.289 e. The number of nitro groups is 1. The third kappa shape index (κ3) is 4.76. The minimum Gasteiger partial charge on any atom is -0.346 e. The van der Waals surface area contributed by atoms with Crippen molar-refractivity contribution >= 4 is 27.5 Å². The van der Waals surface area contributed by atoms with E-state index in [1.165, 1.54) is 12.1 Å². The molecule has 1 rings (SSSR count). The Balaban J connectivity index is 2.75. The summed E-state index contributed by atoms with van der Waals surface area (Å²) in [6, 6.07) is 4.70. The molecule has 0 aliphatic rings. The van der Waals surface area contributed by atoms with E-state index in [-0.39, 0.29) is 0 Å². The molecule has 0 radical (unpaired) electrons. The highest BCUT2D eigenvalue weighted by Crippen LogP contribution is 2.22. The Morgan fingerprint density at radius 3 is 2.41 bits per heavy atom. The number of amides is 2. The SMILES string of the molecule is NNC(=O)CNC(=O)CNS(=O)(=O)c1ccccc1[N+](=O)[O-]. The second kappa shape index (κ2) is 7.44. The smallest absolute Gasteiger partial charge is 0.289 e. The number of hydrazine groups is 1. The minimum absolute atomic E-state index is 0.428. The summed E-state index contributed by atoms with van der Waals surface area (Å²) in [6.45, 7) is -1.12. The van der Waals surface area contributed by atoms with Crippen LogP contribution in [0.25, 0.3) is 0 Å². The first-order chi connectivity index (χ1) is 10.3. The molecular weight excluding hydrogens is 318 g/mol. The van der Waals surface area contributed by atoms with Gasteiger partial charge in [0.05, 0.1) is 18.0 Å². The maximum atomic E-state index is 12.0. The van der Waals surface area contributed by atoms with Gasteiger partial charge in [0.2, 0.25) is 15.9 Å². The van der Waals surface area contributed by atoms with Crippen molar-refractivity contribution in [3.8, 4) is 0 Å². The van der Waals surface area contributed by atoms with Crippen molar-refractivity contribution in [2.45, 2.75) is 4.90 Å². The Bertz CT molecular complexity index is 689. The minimum atomic E-state index is -4.25. The lowest BCUT2D eigenvalue weighted by Gasteiger charge is -2.07. The fourth-order valence-corrected chi connectivity index (χ4v) is 2.52. The Morgan fingerprint density at radius 2 is 1.82 bits per heavy atom. The van der Waals surface area contributed by atoms with Crippen LogP contribution in [0.3, 0.4) is 0 Å². The molecule has 1 aromatic rings. The summed E-state index contributed by atoms with van der Waals surface area (Å²) in [4.78, 5) is 31.5. The molecule has 0 heterocycles. The van der Waals surface area contributed by atoms with Gasteiger partial charge in [-0.1, -0.05) is 12.1 Å². The third-order valence-corrected chi connectivity index (χ3v) is 3.83. The van der Waals surface area contributed by atoms with Gasteiger partial charge in [-0.25, -0.2) is 19.0 Å². The van der Waals surface area contributed by atoms with Crippen LogP contribution in [0, 0.1) is 10.1 Å². The van der Waals surface area contributed by atoms with Crippen LogP contribution in [0.5, 0.6) is 0 Å². The second-order valence-electron chi connectivity index (χ2n) is 3.89. The molecule has 0 spiro atoms. The predicted molar refractivity (Wildman–Crippen MR) is 73.6 cm³/mol. The third-order valence-electron chi connectivity index (χ3n) is 2.38. The van der Waals surface area contributed by atoms with Gasteiger partial charge in [-0.05, 0) is 6.07 Å². The van der Waals surface area contributed by atoms with Gasteiger partial charge in [0.25, 0.3) is 11.6 Å². The molecule has 1 aromatic carbocycles. The zero-order chi connectivity index (χ0) is 16.8. The van der Waals surface area contributed by atoms with Gasteiger partial charge in [-0.2, -0.15) is 0 Å². The number of carbonyl (C=O) groups is 2. The molecule has 0 atom stereocenters. The van der Waals surface area contributed by atoms with Crippen LogP contribution in [-0.4, -0.2) is 38.2 Å². The molecule has 5 N–H and O–H groups in total. The van der Waals surface area contributed by atoms with E-state index in [1.807, 2.05) is 4.72 Å². The van der Waals surface area contributed by atoms with E-state index in [1.54, 1.807) is 5.43 Å². The molecule has 0 aliphatic heterocycles. The summed E-state index contributed by atoms with van der Waals surface area (Å²) in [5.41, 5.74) is 1.16. The van der Waals surface area contributed by atoms with Crippen molar-refractivity contribution in [1.29, 1.82) is 0 Å². The first kappa shape index (κ1) is 17.5. The summed E-state index contributed by atoms with van der Waals surface area (Å²) in [7, 11) is -4.25. The second-order valence-corrected chi connectivity index (χ2v) is 5.63. The van der Waals surface area contributed by atoms with Crippen LogP contribution >= 0.6 is 0 Å². The molecule has 22 heavy (non-hydrogen) atoms. The van der Waals surface area contributed by atoms with Crippen molar-refractivity contribution in [2.75, 3.05) is 13.1 Å². The Morgan fingerprint density at radius 1 is 1.18 bits per heavy atom. The van der Waals surface area contributed by atoms with Gasteiger partial charge >= 0.3 is 0 Å². The number of hydrogen-bond donors (Lipinski definition) is 4. The van der Waals surface area contributed by atoms with E-state index in [2.05, 4.69) is 5.32 Å². The number of rotatable bonds is 7. The monoisotopic (exact) mass is 331 g/mol.